The van der Waals surface area contributed by atoms with Crippen LogP contribution in [-0.2, 0) is 4.74 Å². The van der Waals surface area contributed by atoms with Crippen LogP contribution >= 0.6 is 0 Å². The first-order chi connectivity index (χ1) is 7.85. The molecule has 5 heteroatoms. The van der Waals surface area contributed by atoms with Crippen LogP contribution < -0.4 is 5.32 Å². The van der Waals surface area contributed by atoms with Crippen LogP contribution in [0, 0.1) is 0 Å². The highest BCUT2D eigenvalue weighted by Crippen LogP contribution is 2.15. The second-order valence-electron chi connectivity index (χ2n) is 4.27. The molecule has 0 aliphatic carbocycles. The van der Waals surface area contributed by atoms with Crippen molar-refractivity contribution in [1.29, 1.82) is 0 Å². The number of hydrogen-bond acceptors (Lipinski definition) is 2. The topological polar surface area (TPSA) is 21.3 Å². The Morgan fingerprint density at radius 2 is 2.06 bits per heavy atom. The molecular formula is C12H22F3NO. The number of rotatable bonds is 9. The lowest BCUT2D eigenvalue weighted by molar-refractivity contribution is -0.174. The average Bonchev–Trinajstić information content (AvgIpc) is 2.18. The minimum atomic E-state index is -4.24. The Morgan fingerprint density at radius 1 is 1.41 bits per heavy atom. The molecule has 0 saturated carbocycles. The normalized spacial score (nSPS) is 13.7. The molecule has 0 amide bonds. The van der Waals surface area contributed by atoms with Crippen molar-refractivity contribution < 1.29 is 17.9 Å². The van der Waals surface area contributed by atoms with Crippen molar-refractivity contribution in [3.05, 3.63) is 12.2 Å². The summed E-state index contributed by atoms with van der Waals surface area (Å²) in [6, 6.07) is 0.153. The Kier molecular flexibility index (Phi) is 8.25. The van der Waals surface area contributed by atoms with Gasteiger partial charge in [-0.3, -0.25) is 0 Å². The van der Waals surface area contributed by atoms with Crippen LogP contribution in [0.3, 0.4) is 0 Å². The third-order valence-corrected chi connectivity index (χ3v) is 2.15. The highest BCUT2D eigenvalue weighted by molar-refractivity contribution is 4.92. The summed E-state index contributed by atoms with van der Waals surface area (Å²) in [6.07, 6.45) is -1.89. The monoisotopic (exact) mass is 253 g/mol. The summed E-state index contributed by atoms with van der Waals surface area (Å²) in [5.41, 5.74) is 1.02. The van der Waals surface area contributed by atoms with E-state index >= 15 is 0 Å². The van der Waals surface area contributed by atoms with Gasteiger partial charge in [0.2, 0.25) is 0 Å². The zero-order chi connectivity index (χ0) is 13.3. The quantitative estimate of drug-likeness (QED) is 0.503. The average molecular weight is 253 g/mol. The molecule has 0 aliphatic rings. The Labute approximate surface area is 101 Å². The highest BCUT2D eigenvalue weighted by Gasteiger charge is 2.27. The Morgan fingerprint density at radius 3 is 2.53 bits per heavy atom. The largest absolute Gasteiger partial charge is 0.411 e. The van der Waals surface area contributed by atoms with Crippen LogP contribution in [0.2, 0.25) is 0 Å². The van der Waals surface area contributed by atoms with Gasteiger partial charge in [-0.1, -0.05) is 12.5 Å². The first kappa shape index (κ1) is 16.4. The van der Waals surface area contributed by atoms with Crippen LogP contribution in [0.5, 0.6) is 0 Å². The third-order valence-electron chi connectivity index (χ3n) is 2.15. The van der Waals surface area contributed by atoms with Gasteiger partial charge >= 0.3 is 6.18 Å². The fourth-order valence-corrected chi connectivity index (χ4v) is 1.46. The van der Waals surface area contributed by atoms with E-state index in [0.717, 1.165) is 25.0 Å². The van der Waals surface area contributed by atoms with Crippen molar-refractivity contribution in [3.8, 4) is 0 Å². The maximum absolute atomic E-state index is 11.8. The lowest BCUT2D eigenvalue weighted by Crippen LogP contribution is -2.31. The highest BCUT2D eigenvalue weighted by atomic mass is 19.4. The molecule has 0 aromatic rings. The molecule has 1 atom stereocenters. The predicted octanol–water partition coefficient (Wildman–Crippen LogP) is 3.29. The van der Waals surface area contributed by atoms with Crippen LogP contribution in [0.4, 0.5) is 13.2 Å². The van der Waals surface area contributed by atoms with Crippen molar-refractivity contribution in [2.45, 2.75) is 45.3 Å². The standard InChI is InChI=1S/C12H22F3NO/c1-4-6-16-11(8-10(2)3)5-7-17-9-12(13,14)15/h11,16H,2,4-9H2,1,3H3. The van der Waals surface area contributed by atoms with Crippen molar-refractivity contribution in [2.75, 3.05) is 19.8 Å². The first-order valence-corrected chi connectivity index (χ1v) is 5.87. The van der Waals surface area contributed by atoms with E-state index in [1.165, 1.54) is 0 Å². The van der Waals surface area contributed by atoms with E-state index in [9.17, 15) is 13.2 Å². The van der Waals surface area contributed by atoms with Gasteiger partial charge in [0.05, 0.1) is 0 Å². The molecule has 0 bridgehead atoms. The summed E-state index contributed by atoms with van der Waals surface area (Å²) < 4.78 is 40.1. The zero-order valence-corrected chi connectivity index (χ0v) is 10.6. The molecule has 0 heterocycles. The molecule has 0 rings (SSSR count). The number of hydrogen-bond donors (Lipinski definition) is 1. The molecule has 0 spiro atoms. The van der Waals surface area contributed by atoms with E-state index in [2.05, 4.69) is 16.6 Å². The second kappa shape index (κ2) is 8.53. The predicted molar refractivity (Wildman–Crippen MR) is 63.0 cm³/mol. The summed E-state index contributed by atoms with van der Waals surface area (Å²) in [5, 5.41) is 3.28. The molecule has 17 heavy (non-hydrogen) atoms. The molecular weight excluding hydrogens is 231 g/mol. The minimum Gasteiger partial charge on any atom is -0.372 e. The van der Waals surface area contributed by atoms with E-state index in [1.54, 1.807) is 0 Å². The van der Waals surface area contributed by atoms with Gasteiger partial charge < -0.3 is 10.1 Å². The summed E-state index contributed by atoms with van der Waals surface area (Å²) in [5.74, 6) is 0. The molecule has 0 fully saturated rings. The van der Waals surface area contributed by atoms with Gasteiger partial charge in [0.15, 0.2) is 0 Å². The zero-order valence-electron chi connectivity index (χ0n) is 10.6. The Hall–Kier alpha value is -0.550. The fraction of sp³-hybridized carbons (Fsp3) is 0.833. The maximum Gasteiger partial charge on any atom is 0.411 e. The van der Waals surface area contributed by atoms with Gasteiger partial charge in [-0.15, -0.1) is 6.58 Å². The number of halogens is 3. The lowest BCUT2D eigenvalue weighted by Gasteiger charge is -2.18. The lowest BCUT2D eigenvalue weighted by atomic mass is 10.1. The van der Waals surface area contributed by atoms with Crippen LogP contribution in [-0.4, -0.2) is 32.0 Å². The smallest absolute Gasteiger partial charge is 0.372 e. The fourth-order valence-electron chi connectivity index (χ4n) is 1.46. The van der Waals surface area contributed by atoms with E-state index in [0.29, 0.717) is 6.42 Å². The van der Waals surface area contributed by atoms with E-state index in [4.69, 9.17) is 0 Å². The van der Waals surface area contributed by atoms with Gasteiger partial charge in [0, 0.05) is 12.6 Å². The van der Waals surface area contributed by atoms with Crippen LogP contribution in [0.15, 0.2) is 12.2 Å². The number of alkyl halides is 3. The summed E-state index contributed by atoms with van der Waals surface area (Å²) in [7, 11) is 0. The molecule has 0 saturated heterocycles. The Balaban J connectivity index is 3.78. The maximum atomic E-state index is 11.8. The minimum absolute atomic E-state index is 0.119. The van der Waals surface area contributed by atoms with Gasteiger partial charge in [-0.05, 0) is 32.7 Å². The van der Waals surface area contributed by atoms with Crippen molar-refractivity contribution in [1.82, 2.24) is 5.32 Å². The molecule has 1 N–H and O–H groups in total. The third kappa shape index (κ3) is 11.7. The Bertz CT molecular complexity index is 216. The van der Waals surface area contributed by atoms with Crippen molar-refractivity contribution >= 4 is 0 Å². The van der Waals surface area contributed by atoms with E-state index < -0.39 is 12.8 Å². The van der Waals surface area contributed by atoms with Crippen LogP contribution in [0.1, 0.15) is 33.1 Å². The van der Waals surface area contributed by atoms with E-state index in [-0.39, 0.29) is 12.6 Å². The molecule has 0 aromatic heterocycles. The second-order valence-corrected chi connectivity index (χ2v) is 4.27. The molecule has 2 nitrogen and oxygen atoms in total. The molecule has 0 aromatic carbocycles. The molecule has 0 radical (unpaired) electrons. The molecule has 1 unspecified atom stereocenters. The van der Waals surface area contributed by atoms with Gasteiger partial charge in [-0.2, -0.15) is 13.2 Å². The van der Waals surface area contributed by atoms with Crippen molar-refractivity contribution in [3.63, 3.8) is 0 Å². The van der Waals surface area contributed by atoms with Crippen molar-refractivity contribution in [2.24, 2.45) is 0 Å². The number of nitrogens with one attached hydrogen (secondary N) is 1. The van der Waals surface area contributed by atoms with Gasteiger partial charge in [-0.25, -0.2) is 0 Å². The summed E-state index contributed by atoms with van der Waals surface area (Å²) >= 11 is 0. The number of ether oxygens (including phenoxy) is 1. The van der Waals surface area contributed by atoms with Gasteiger partial charge in [0.1, 0.15) is 6.61 Å². The SMILES string of the molecule is C=C(C)CC(CCOCC(F)(F)F)NCCC. The van der Waals surface area contributed by atoms with Gasteiger partial charge in [0.25, 0.3) is 0 Å². The molecule has 0 aliphatic heterocycles. The summed E-state index contributed by atoms with van der Waals surface area (Å²) in [4.78, 5) is 0. The van der Waals surface area contributed by atoms with Crippen LogP contribution in [0.25, 0.3) is 0 Å². The molecule has 102 valence electrons. The summed E-state index contributed by atoms with van der Waals surface area (Å²) in [6.45, 7) is 7.58. The first-order valence-electron chi connectivity index (χ1n) is 5.87. The van der Waals surface area contributed by atoms with E-state index in [1.807, 2.05) is 13.8 Å².